The summed E-state index contributed by atoms with van der Waals surface area (Å²) in [4.78, 5) is 8.35. The Kier molecular flexibility index (Phi) is 3.16. The van der Waals surface area contributed by atoms with Crippen molar-refractivity contribution >= 4 is 17.0 Å². The second kappa shape index (κ2) is 4.75. The van der Waals surface area contributed by atoms with E-state index in [0.29, 0.717) is 30.5 Å². The molecule has 0 aromatic carbocycles. The maximum Gasteiger partial charge on any atom is 0.229 e. The van der Waals surface area contributed by atoms with Crippen molar-refractivity contribution in [2.45, 2.75) is 6.42 Å². The molecule has 0 spiro atoms. The van der Waals surface area contributed by atoms with Crippen LogP contribution in [-0.4, -0.2) is 45.5 Å². The smallest absolute Gasteiger partial charge is 0.229 e. The standard InChI is InChI=1S/C9H13N5O2/c1-10-9-12-7-6(5-11-14-7)8(13-9)16-4-2-3-15/h5,15H,2-4H2,1H3,(H2,10,11,12,13,14). The van der Waals surface area contributed by atoms with E-state index in [1.54, 1.807) is 13.2 Å². The molecule has 7 nitrogen and oxygen atoms in total. The van der Waals surface area contributed by atoms with E-state index in [4.69, 9.17) is 9.84 Å². The van der Waals surface area contributed by atoms with Crippen LogP contribution in [0.4, 0.5) is 5.95 Å². The van der Waals surface area contributed by atoms with Gasteiger partial charge in [0, 0.05) is 20.1 Å². The summed E-state index contributed by atoms with van der Waals surface area (Å²) in [5.74, 6) is 0.937. The molecule has 0 aliphatic carbocycles. The Morgan fingerprint density at radius 1 is 1.50 bits per heavy atom. The van der Waals surface area contributed by atoms with Gasteiger partial charge in [0.05, 0.1) is 12.8 Å². The lowest BCUT2D eigenvalue weighted by Crippen LogP contribution is -2.04. The summed E-state index contributed by atoms with van der Waals surface area (Å²) in [5, 5.41) is 18.9. The number of hydrogen-bond acceptors (Lipinski definition) is 6. The molecule has 0 fully saturated rings. The molecular formula is C9H13N5O2. The Hall–Kier alpha value is -1.89. The zero-order valence-electron chi connectivity index (χ0n) is 8.90. The summed E-state index contributed by atoms with van der Waals surface area (Å²) in [6.45, 7) is 0.509. The van der Waals surface area contributed by atoms with Gasteiger partial charge in [-0.05, 0) is 0 Å². The van der Waals surface area contributed by atoms with Crippen LogP contribution in [0.5, 0.6) is 5.88 Å². The van der Waals surface area contributed by atoms with Gasteiger partial charge in [-0.15, -0.1) is 0 Å². The molecule has 0 atom stereocenters. The van der Waals surface area contributed by atoms with Crippen molar-refractivity contribution in [2.75, 3.05) is 25.6 Å². The summed E-state index contributed by atoms with van der Waals surface area (Å²) in [7, 11) is 1.73. The minimum Gasteiger partial charge on any atom is -0.477 e. The van der Waals surface area contributed by atoms with Crippen LogP contribution in [0.3, 0.4) is 0 Å². The lowest BCUT2D eigenvalue weighted by Gasteiger charge is -2.06. The molecule has 0 bridgehead atoms. The fourth-order valence-corrected chi connectivity index (χ4v) is 1.26. The van der Waals surface area contributed by atoms with Gasteiger partial charge in [0.15, 0.2) is 5.65 Å². The lowest BCUT2D eigenvalue weighted by molar-refractivity contribution is 0.231. The molecule has 0 unspecified atom stereocenters. The quantitative estimate of drug-likeness (QED) is 0.625. The van der Waals surface area contributed by atoms with Gasteiger partial charge in [0.25, 0.3) is 0 Å². The third-order valence-electron chi connectivity index (χ3n) is 2.04. The summed E-state index contributed by atoms with van der Waals surface area (Å²) in [6, 6.07) is 0. The monoisotopic (exact) mass is 223 g/mol. The molecule has 2 aromatic rings. The van der Waals surface area contributed by atoms with Gasteiger partial charge in [-0.1, -0.05) is 0 Å². The number of ether oxygens (including phenoxy) is 1. The van der Waals surface area contributed by atoms with Crippen LogP contribution in [0.25, 0.3) is 11.0 Å². The van der Waals surface area contributed by atoms with Crippen LogP contribution in [0, 0.1) is 0 Å². The summed E-state index contributed by atoms with van der Waals surface area (Å²) in [5.41, 5.74) is 0.623. The molecule has 2 rings (SSSR count). The number of aliphatic hydroxyl groups excluding tert-OH is 1. The normalized spacial score (nSPS) is 10.6. The minimum absolute atomic E-state index is 0.0957. The van der Waals surface area contributed by atoms with Crippen molar-refractivity contribution in [3.8, 4) is 5.88 Å². The van der Waals surface area contributed by atoms with Crippen molar-refractivity contribution in [3.05, 3.63) is 6.20 Å². The van der Waals surface area contributed by atoms with Gasteiger partial charge >= 0.3 is 0 Å². The molecule has 0 aliphatic heterocycles. The van der Waals surface area contributed by atoms with Gasteiger partial charge in [-0.25, -0.2) is 0 Å². The molecule has 2 heterocycles. The van der Waals surface area contributed by atoms with Crippen molar-refractivity contribution in [2.24, 2.45) is 0 Å². The average Bonchev–Trinajstić information content (AvgIpc) is 2.77. The molecule has 7 heteroatoms. The molecular weight excluding hydrogens is 210 g/mol. The predicted octanol–water partition coefficient (Wildman–Crippen LogP) is 0.156. The van der Waals surface area contributed by atoms with E-state index in [2.05, 4.69) is 25.5 Å². The Balaban J connectivity index is 2.29. The van der Waals surface area contributed by atoms with E-state index < -0.39 is 0 Å². The molecule has 0 saturated carbocycles. The lowest BCUT2D eigenvalue weighted by atomic mass is 10.4. The van der Waals surface area contributed by atoms with Gasteiger partial charge < -0.3 is 15.2 Å². The second-order valence-corrected chi connectivity index (χ2v) is 3.16. The van der Waals surface area contributed by atoms with Crippen LogP contribution in [0.1, 0.15) is 6.42 Å². The van der Waals surface area contributed by atoms with Crippen molar-refractivity contribution in [1.82, 2.24) is 20.2 Å². The highest BCUT2D eigenvalue weighted by Gasteiger charge is 2.09. The van der Waals surface area contributed by atoms with E-state index in [-0.39, 0.29) is 6.61 Å². The Morgan fingerprint density at radius 2 is 2.38 bits per heavy atom. The Labute approximate surface area is 91.9 Å². The summed E-state index contributed by atoms with van der Waals surface area (Å²) in [6.07, 6.45) is 2.18. The number of aliphatic hydroxyl groups is 1. The number of nitrogens with one attached hydrogen (secondary N) is 2. The Morgan fingerprint density at radius 3 is 3.12 bits per heavy atom. The zero-order chi connectivity index (χ0) is 11.4. The van der Waals surface area contributed by atoms with E-state index in [1.807, 2.05) is 0 Å². The maximum atomic E-state index is 8.67. The van der Waals surface area contributed by atoms with Gasteiger partial charge in [-0.3, -0.25) is 5.10 Å². The summed E-state index contributed by atoms with van der Waals surface area (Å²) < 4.78 is 5.45. The third-order valence-corrected chi connectivity index (χ3v) is 2.04. The minimum atomic E-state index is 0.0957. The topological polar surface area (TPSA) is 96.0 Å². The molecule has 16 heavy (non-hydrogen) atoms. The van der Waals surface area contributed by atoms with Gasteiger partial charge in [0.1, 0.15) is 5.39 Å². The van der Waals surface area contributed by atoms with Crippen LogP contribution in [0.15, 0.2) is 6.20 Å². The first-order chi connectivity index (χ1) is 7.85. The maximum absolute atomic E-state index is 8.67. The highest BCUT2D eigenvalue weighted by atomic mass is 16.5. The third kappa shape index (κ3) is 2.03. The zero-order valence-corrected chi connectivity index (χ0v) is 8.90. The second-order valence-electron chi connectivity index (χ2n) is 3.16. The first-order valence-electron chi connectivity index (χ1n) is 4.97. The SMILES string of the molecule is CNc1nc(OCCCO)c2cn[nH]c2n1. The van der Waals surface area contributed by atoms with Crippen LogP contribution in [0.2, 0.25) is 0 Å². The molecule has 2 aromatic heterocycles. The fraction of sp³-hybridized carbons (Fsp3) is 0.444. The number of fused-ring (bicyclic) bond motifs is 1. The van der Waals surface area contributed by atoms with Crippen LogP contribution in [-0.2, 0) is 0 Å². The molecule has 0 amide bonds. The first-order valence-corrected chi connectivity index (χ1v) is 4.97. The summed E-state index contributed by atoms with van der Waals surface area (Å²) >= 11 is 0. The number of rotatable bonds is 5. The number of anilines is 1. The number of nitrogens with zero attached hydrogens (tertiary/aromatic N) is 3. The van der Waals surface area contributed by atoms with Crippen LogP contribution >= 0.6 is 0 Å². The van der Waals surface area contributed by atoms with Crippen molar-refractivity contribution < 1.29 is 9.84 Å². The number of H-pyrrole nitrogens is 1. The van der Waals surface area contributed by atoms with E-state index in [0.717, 1.165) is 5.39 Å². The number of aromatic amines is 1. The van der Waals surface area contributed by atoms with Gasteiger partial charge in [0.2, 0.25) is 11.8 Å². The average molecular weight is 223 g/mol. The first kappa shape index (κ1) is 10.6. The van der Waals surface area contributed by atoms with E-state index >= 15 is 0 Å². The fourth-order valence-electron chi connectivity index (χ4n) is 1.26. The number of hydrogen-bond donors (Lipinski definition) is 3. The van der Waals surface area contributed by atoms with Gasteiger partial charge in [-0.2, -0.15) is 15.1 Å². The highest BCUT2D eigenvalue weighted by Crippen LogP contribution is 2.21. The highest BCUT2D eigenvalue weighted by molar-refractivity contribution is 5.80. The predicted molar refractivity (Wildman–Crippen MR) is 58.4 cm³/mol. The molecule has 0 saturated heterocycles. The van der Waals surface area contributed by atoms with E-state index in [9.17, 15) is 0 Å². The van der Waals surface area contributed by atoms with E-state index in [1.165, 1.54) is 0 Å². The molecule has 86 valence electrons. The molecule has 3 N–H and O–H groups in total. The number of aromatic nitrogens is 4. The Bertz CT molecular complexity index is 470. The molecule has 0 aliphatic rings. The largest absolute Gasteiger partial charge is 0.477 e. The van der Waals surface area contributed by atoms with Crippen molar-refractivity contribution in [3.63, 3.8) is 0 Å². The van der Waals surface area contributed by atoms with Crippen LogP contribution < -0.4 is 10.1 Å². The molecule has 0 radical (unpaired) electrons. The van der Waals surface area contributed by atoms with Crippen molar-refractivity contribution in [1.29, 1.82) is 0 Å².